The van der Waals surface area contributed by atoms with Gasteiger partial charge in [-0.05, 0) is 38.4 Å². The summed E-state index contributed by atoms with van der Waals surface area (Å²) in [7, 11) is 4.50. The predicted octanol–water partition coefficient (Wildman–Crippen LogP) is 0.174. The highest BCUT2D eigenvalue weighted by molar-refractivity contribution is 5.82. The molecule has 0 N–H and O–H groups in total. The molecule has 2 heterocycles. The maximum absolute atomic E-state index is 13.3. The molecule has 1 aromatic carbocycles. The first-order valence-corrected chi connectivity index (χ1v) is 9.75. The first-order chi connectivity index (χ1) is 11.9. The number of nitrogens with zero attached hydrogens (tertiary/aromatic N) is 2. The lowest BCUT2D eigenvalue weighted by atomic mass is 9.88. The van der Waals surface area contributed by atoms with Gasteiger partial charge >= 0.3 is 5.97 Å². The Morgan fingerprint density at radius 3 is 2.23 bits per heavy atom. The van der Waals surface area contributed by atoms with Crippen LogP contribution in [-0.4, -0.2) is 61.7 Å². The van der Waals surface area contributed by atoms with Crippen LogP contribution in [-0.2, 0) is 15.1 Å². The standard InChI is InChI=1S/C21H33N2O2.HI/c1-21(18-10-6-4-7-11-18,22-14-8-5-9-15-22)20(24)25-19-12-16-23(2,3)17-13-19;/h4,6-7,10-11,19H,5,8-9,12-17H2,1-3H3;1H/q+1;/p-1. The van der Waals surface area contributed by atoms with Crippen LogP contribution in [0.5, 0.6) is 0 Å². The van der Waals surface area contributed by atoms with Crippen molar-refractivity contribution in [1.29, 1.82) is 0 Å². The van der Waals surface area contributed by atoms with E-state index >= 15 is 0 Å². The third-order valence-electron chi connectivity index (χ3n) is 6.11. The Balaban J connectivity index is 0.00000243. The molecule has 2 saturated heterocycles. The Morgan fingerprint density at radius 1 is 1.08 bits per heavy atom. The summed E-state index contributed by atoms with van der Waals surface area (Å²) >= 11 is 0. The van der Waals surface area contributed by atoms with Crippen molar-refractivity contribution in [2.24, 2.45) is 0 Å². The average molecular weight is 472 g/mol. The first-order valence-electron chi connectivity index (χ1n) is 9.75. The summed E-state index contributed by atoms with van der Waals surface area (Å²) < 4.78 is 7.09. The zero-order valence-electron chi connectivity index (χ0n) is 16.4. The van der Waals surface area contributed by atoms with Gasteiger partial charge in [0.2, 0.25) is 0 Å². The molecule has 26 heavy (non-hydrogen) atoms. The Kier molecular flexibility index (Phi) is 7.51. The molecule has 0 aliphatic carbocycles. The van der Waals surface area contributed by atoms with Gasteiger partial charge in [0.05, 0.1) is 27.2 Å². The number of hydrogen-bond donors (Lipinski definition) is 0. The van der Waals surface area contributed by atoms with Gasteiger partial charge in [0.15, 0.2) is 0 Å². The topological polar surface area (TPSA) is 29.5 Å². The Bertz CT molecular complexity index is 577. The van der Waals surface area contributed by atoms with Crippen LogP contribution in [0.15, 0.2) is 30.3 Å². The maximum atomic E-state index is 13.3. The Morgan fingerprint density at radius 2 is 1.65 bits per heavy atom. The van der Waals surface area contributed by atoms with Crippen molar-refractivity contribution < 1.29 is 38.0 Å². The van der Waals surface area contributed by atoms with Crippen LogP contribution in [0.1, 0.15) is 44.6 Å². The van der Waals surface area contributed by atoms with E-state index in [0.29, 0.717) is 0 Å². The number of hydrogen-bond acceptors (Lipinski definition) is 3. The van der Waals surface area contributed by atoms with Crippen LogP contribution in [0.3, 0.4) is 0 Å². The summed E-state index contributed by atoms with van der Waals surface area (Å²) in [5, 5.41) is 0. The number of quaternary nitrogens is 1. The summed E-state index contributed by atoms with van der Waals surface area (Å²) in [6, 6.07) is 10.2. The van der Waals surface area contributed by atoms with E-state index < -0.39 is 5.54 Å². The number of halogens is 1. The van der Waals surface area contributed by atoms with Crippen LogP contribution in [0.4, 0.5) is 0 Å². The average Bonchev–Trinajstić information content (AvgIpc) is 2.64. The van der Waals surface area contributed by atoms with Gasteiger partial charge in [-0.3, -0.25) is 4.90 Å². The fourth-order valence-electron chi connectivity index (χ4n) is 4.16. The third kappa shape index (κ3) is 4.78. The largest absolute Gasteiger partial charge is 1.00 e. The van der Waals surface area contributed by atoms with Crippen molar-refractivity contribution in [3.05, 3.63) is 35.9 Å². The highest BCUT2D eigenvalue weighted by Gasteiger charge is 2.44. The normalized spacial score (nSPS) is 23.5. The molecule has 0 saturated carbocycles. The van der Waals surface area contributed by atoms with Crippen molar-refractivity contribution in [1.82, 2.24) is 4.90 Å². The summed E-state index contributed by atoms with van der Waals surface area (Å²) in [6.07, 6.45) is 5.56. The molecule has 146 valence electrons. The number of piperidine rings is 2. The van der Waals surface area contributed by atoms with Crippen molar-refractivity contribution in [2.75, 3.05) is 40.3 Å². The Hall–Kier alpha value is -0.660. The van der Waals surface area contributed by atoms with Gasteiger partial charge < -0.3 is 33.2 Å². The molecule has 2 aliphatic heterocycles. The van der Waals surface area contributed by atoms with E-state index in [9.17, 15) is 4.79 Å². The molecule has 1 atom stereocenters. The third-order valence-corrected chi connectivity index (χ3v) is 6.11. The molecule has 0 amide bonds. The smallest absolute Gasteiger partial charge is 0.331 e. The van der Waals surface area contributed by atoms with Crippen molar-refractivity contribution in [3.8, 4) is 0 Å². The fourth-order valence-corrected chi connectivity index (χ4v) is 4.16. The van der Waals surface area contributed by atoms with Crippen LogP contribution in [0, 0.1) is 0 Å². The van der Waals surface area contributed by atoms with E-state index in [1.807, 2.05) is 18.2 Å². The second-order valence-electron chi connectivity index (χ2n) is 8.47. The number of carbonyl (C=O) groups excluding carboxylic acids is 1. The van der Waals surface area contributed by atoms with E-state index in [2.05, 4.69) is 38.1 Å². The molecule has 0 radical (unpaired) electrons. The molecule has 0 spiro atoms. The summed E-state index contributed by atoms with van der Waals surface area (Å²) in [5.74, 6) is -0.0715. The minimum Gasteiger partial charge on any atom is -1.00 e. The lowest BCUT2D eigenvalue weighted by Crippen LogP contribution is -3.00. The van der Waals surface area contributed by atoms with Gasteiger partial charge in [0.25, 0.3) is 0 Å². The first kappa shape index (κ1) is 21.6. The second-order valence-corrected chi connectivity index (χ2v) is 8.47. The van der Waals surface area contributed by atoms with E-state index in [-0.39, 0.29) is 36.0 Å². The van der Waals surface area contributed by atoms with E-state index in [4.69, 9.17) is 4.74 Å². The maximum Gasteiger partial charge on any atom is 0.331 e. The molecular weight excluding hydrogens is 439 g/mol. The summed E-state index contributed by atoms with van der Waals surface area (Å²) in [5.41, 5.74) is 0.373. The van der Waals surface area contributed by atoms with Crippen LogP contribution >= 0.6 is 0 Å². The highest BCUT2D eigenvalue weighted by Crippen LogP contribution is 2.33. The number of esters is 1. The van der Waals surface area contributed by atoms with Crippen molar-refractivity contribution in [3.63, 3.8) is 0 Å². The van der Waals surface area contributed by atoms with Crippen molar-refractivity contribution >= 4 is 5.97 Å². The molecule has 4 nitrogen and oxygen atoms in total. The molecule has 0 aromatic heterocycles. The van der Waals surface area contributed by atoms with Gasteiger partial charge in [-0.15, -0.1) is 0 Å². The van der Waals surface area contributed by atoms with E-state index in [1.54, 1.807) is 0 Å². The van der Waals surface area contributed by atoms with Gasteiger partial charge in [-0.25, -0.2) is 4.79 Å². The fraction of sp³-hybridized carbons (Fsp3) is 0.667. The summed E-state index contributed by atoms with van der Waals surface area (Å²) in [6.45, 7) is 6.14. The minimum absolute atomic E-state index is 0. The second kappa shape index (κ2) is 9.02. The van der Waals surface area contributed by atoms with Gasteiger partial charge in [-0.1, -0.05) is 36.8 Å². The molecule has 1 aromatic rings. The molecule has 0 bridgehead atoms. The molecule has 5 heteroatoms. The summed E-state index contributed by atoms with van der Waals surface area (Å²) in [4.78, 5) is 15.7. The number of carbonyl (C=O) groups is 1. The van der Waals surface area contributed by atoms with Gasteiger partial charge in [0, 0.05) is 12.8 Å². The highest BCUT2D eigenvalue weighted by atomic mass is 127. The number of benzene rings is 1. The van der Waals surface area contributed by atoms with Crippen LogP contribution in [0.25, 0.3) is 0 Å². The SMILES string of the molecule is CC(C(=O)OC1CC[N+](C)(C)CC1)(c1ccccc1)N1CCCCC1.[I-]. The zero-order chi connectivity index (χ0) is 17.9. The van der Waals surface area contributed by atoms with E-state index in [0.717, 1.165) is 61.9 Å². The molecular formula is C21H33IN2O2. The van der Waals surface area contributed by atoms with Gasteiger partial charge in [-0.2, -0.15) is 0 Å². The predicted molar refractivity (Wildman–Crippen MR) is 100 cm³/mol. The lowest BCUT2D eigenvalue weighted by molar-refractivity contribution is -0.896. The number of rotatable bonds is 4. The van der Waals surface area contributed by atoms with Crippen molar-refractivity contribution in [2.45, 2.75) is 50.7 Å². The number of likely N-dealkylation sites (tertiary alicyclic amines) is 2. The minimum atomic E-state index is -0.677. The zero-order valence-corrected chi connectivity index (χ0v) is 18.6. The molecule has 2 aliphatic rings. The quantitative estimate of drug-likeness (QED) is 0.356. The molecule has 3 rings (SSSR count). The monoisotopic (exact) mass is 472 g/mol. The molecule has 2 fully saturated rings. The number of ether oxygens (including phenoxy) is 1. The van der Waals surface area contributed by atoms with Gasteiger partial charge in [0.1, 0.15) is 11.6 Å². The Labute approximate surface area is 175 Å². The molecule has 1 unspecified atom stereocenters. The van der Waals surface area contributed by atoms with Crippen LogP contribution < -0.4 is 24.0 Å². The van der Waals surface area contributed by atoms with Crippen LogP contribution in [0.2, 0.25) is 0 Å². The van der Waals surface area contributed by atoms with E-state index in [1.165, 1.54) is 6.42 Å². The lowest BCUT2D eigenvalue weighted by Gasteiger charge is -2.43.